The van der Waals surface area contributed by atoms with Gasteiger partial charge in [-0.2, -0.15) is 0 Å². The maximum Gasteiger partial charge on any atom is 0.291 e. The van der Waals surface area contributed by atoms with Crippen molar-refractivity contribution in [1.82, 2.24) is 14.9 Å². The minimum absolute atomic E-state index is 0.175. The second-order valence-corrected chi connectivity index (χ2v) is 4.67. The van der Waals surface area contributed by atoms with Gasteiger partial charge in [0, 0.05) is 13.6 Å². The van der Waals surface area contributed by atoms with Crippen LogP contribution in [0.15, 0.2) is 35.2 Å². The summed E-state index contributed by atoms with van der Waals surface area (Å²) in [6.07, 6.45) is 2.44. The molecular weight excluding hydrogens is 272 g/mol. The molecule has 0 bridgehead atoms. The van der Waals surface area contributed by atoms with Crippen LogP contribution in [0.4, 0.5) is 5.82 Å². The zero-order chi connectivity index (χ0) is 14.7. The number of carbonyl (C=O) groups excluding carboxylic acids is 1. The monoisotopic (exact) mass is 288 g/mol. The number of aromatic nitrogens is 2. The van der Waals surface area contributed by atoms with Gasteiger partial charge in [-0.1, -0.05) is 6.07 Å². The Bertz CT molecular complexity index is 614. The van der Waals surface area contributed by atoms with E-state index in [4.69, 9.17) is 9.15 Å². The lowest BCUT2D eigenvalue weighted by atomic mass is 10.2. The van der Waals surface area contributed by atoms with E-state index in [0.717, 1.165) is 11.5 Å². The van der Waals surface area contributed by atoms with Gasteiger partial charge < -0.3 is 19.4 Å². The molecule has 3 rings (SSSR count). The molecule has 2 aromatic rings. The Labute approximate surface area is 121 Å². The molecule has 1 fully saturated rings. The molecule has 0 radical (unpaired) electrons. The molecule has 3 heterocycles. The summed E-state index contributed by atoms with van der Waals surface area (Å²) >= 11 is 0. The number of hydrogen-bond acceptors (Lipinski definition) is 6. The predicted octanol–water partition coefficient (Wildman–Crippen LogP) is 1.32. The smallest absolute Gasteiger partial charge is 0.291 e. The molecule has 0 aliphatic carbocycles. The van der Waals surface area contributed by atoms with Gasteiger partial charge in [0.05, 0.1) is 25.0 Å². The van der Waals surface area contributed by atoms with Crippen LogP contribution < -0.4 is 5.32 Å². The Morgan fingerprint density at radius 1 is 1.48 bits per heavy atom. The van der Waals surface area contributed by atoms with Crippen LogP contribution in [0.5, 0.6) is 0 Å². The lowest BCUT2D eigenvalue weighted by Crippen LogP contribution is -2.42. The first kappa shape index (κ1) is 13.6. The highest BCUT2D eigenvalue weighted by Crippen LogP contribution is 2.22. The summed E-state index contributed by atoms with van der Waals surface area (Å²) in [5.74, 6) is 0.841. The summed E-state index contributed by atoms with van der Waals surface area (Å²) in [5.41, 5.74) is 0.803. The van der Waals surface area contributed by atoms with E-state index in [1.54, 1.807) is 4.90 Å². The Hall–Kier alpha value is -2.41. The molecule has 0 spiro atoms. The third kappa shape index (κ3) is 2.87. The molecule has 1 saturated heterocycles. The van der Waals surface area contributed by atoms with Crippen molar-refractivity contribution in [1.29, 1.82) is 0 Å². The van der Waals surface area contributed by atoms with Crippen molar-refractivity contribution >= 4 is 11.7 Å². The van der Waals surface area contributed by atoms with Gasteiger partial charge >= 0.3 is 0 Å². The van der Waals surface area contributed by atoms with Crippen molar-refractivity contribution < 1.29 is 13.9 Å². The van der Waals surface area contributed by atoms with Crippen molar-refractivity contribution in [2.75, 3.05) is 32.1 Å². The van der Waals surface area contributed by atoms with Gasteiger partial charge in [-0.3, -0.25) is 4.79 Å². The summed E-state index contributed by atoms with van der Waals surface area (Å²) in [5, 5.41) is 2.99. The average molecular weight is 288 g/mol. The van der Waals surface area contributed by atoms with Crippen LogP contribution in [0.25, 0.3) is 0 Å². The fourth-order valence-electron chi connectivity index (χ4n) is 2.26. The standard InChI is InChI=1S/C14H16N4O3/c1-15-13-4-2-3-10(17-13)12-8-18(5-6-20-12)14(19)11-7-16-9-21-11/h2-4,7,9,12H,5-6,8H2,1H3,(H,15,17). The first-order valence-electron chi connectivity index (χ1n) is 6.72. The summed E-state index contributed by atoms with van der Waals surface area (Å²) in [6.45, 7) is 1.44. The number of nitrogens with one attached hydrogen (secondary N) is 1. The Morgan fingerprint density at radius 3 is 3.14 bits per heavy atom. The Balaban J connectivity index is 1.75. The van der Waals surface area contributed by atoms with Crippen LogP contribution in [0.3, 0.4) is 0 Å². The summed E-state index contributed by atoms with van der Waals surface area (Å²) in [6, 6.07) is 5.69. The van der Waals surface area contributed by atoms with E-state index in [0.29, 0.717) is 19.7 Å². The van der Waals surface area contributed by atoms with Crippen molar-refractivity contribution in [2.24, 2.45) is 0 Å². The number of carbonyl (C=O) groups is 1. The Morgan fingerprint density at radius 2 is 2.38 bits per heavy atom. The van der Waals surface area contributed by atoms with Gasteiger partial charge in [-0.05, 0) is 12.1 Å². The van der Waals surface area contributed by atoms with Gasteiger partial charge in [0.1, 0.15) is 11.9 Å². The van der Waals surface area contributed by atoms with Gasteiger partial charge in [-0.15, -0.1) is 0 Å². The second kappa shape index (κ2) is 5.92. The maximum atomic E-state index is 12.3. The number of morpholine rings is 1. The second-order valence-electron chi connectivity index (χ2n) is 4.67. The summed E-state index contributed by atoms with van der Waals surface area (Å²) < 4.78 is 10.8. The first-order chi connectivity index (χ1) is 10.3. The van der Waals surface area contributed by atoms with E-state index in [1.807, 2.05) is 25.2 Å². The third-order valence-electron chi connectivity index (χ3n) is 3.35. The molecule has 110 valence electrons. The molecule has 0 saturated carbocycles. The van der Waals surface area contributed by atoms with Crippen molar-refractivity contribution in [2.45, 2.75) is 6.10 Å². The van der Waals surface area contributed by atoms with Crippen LogP contribution in [0.1, 0.15) is 22.4 Å². The number of amides is 1. The topological polar surface area (TPSA) is 80.5 Å². The largest absolute Gasteiger partial charge is 0.438 e. The van der Waals surface area contributed by atoms with Gasteiger partial charge in [0.2, 0.25) is 5.76 Å². The molecule has 1 aliphatic heterocycles. The van der Waals surface area contributed by atoms with Crippen molar-refractivity contribution in [3.05, 3.63) is 42.2 Å². The highest BCUT2D eigenvalue weighted by Gasteiger charge is 2.28. The zero-order valence-electron chi connectivity index (χ0n) is 11.7. The van der Waals surface area contributed by atoms with Crippen LogP contribution in [-0.4, -0.2) is 47.5 Å². The van der Waals surface area contributed by atoms with E-state index in [1.165, 1.54) is 12.6 Å². The SMILES string of the molecule is CNc1cccc(C2CN(C(=O)c3cnco3)CCO2)n1. The minimum Gasteiger partial charge on any atom is -0.438 e. The minimum atomic E-state index is -0.237. The fourth-order valence-corrected chi connectivity index (χ4v) is 2.26. The van der Waals surface area contributed by atoms with Gasteiger partial charge in [0.15, 0.2) is 6.39 Å². The molecule has 0 aromatic carbocycles. The number of pyridine rings is 1. The molecule has 7 heteroatoms. The van der Waals surface area contributed by atoms with E-state index in [2.05, 4.69) is 15.3 Å². The highest BCUT2D eigenvalue weighted by atomic mass is 16.5. The molecule has 2 aromatic heterocycles. The van der Waals surface area contributed by atoms with Crippen molar-refractivity contribution in [3.8, 4) is 0 Å². The normalized spacial score (nSPS) is 18.5. The predicted molar refractivity (Wildman–Crippen MR) is 74.9 cm³/mol. The number of anilines is 1. The summed E-state index contributed by atoms with van der Waals surface area (Å²) in [4.78, 5) is 22.2. The molecule has 1 amide bonds. The van der Waals surface area contributed by atoms with E-state index >= 15 is 0 Å². The number of nitrogens with zero attached hydrogens (tertiary/aromatic N) is 3. The lowest BCUT2D eigenvalue weighted by molar-refractivity contribution is -0.0255. The van der Waals surface area contributed by atoms with Crippen LogP contribution >= 0.6 is 0 Å². The molecule has 1 aliphatic rings. The number of ether oxygens (including phenoxy) is 1. The first-order valence-corrected chi connectivity index (χ1v) is 6.72. The summed E-state index contributed by atoms with van der Waals surface area (Å²) in [7, 11) is 1.81. The number of rotatable bonds is 3. The van der Waals surface area contributed by atoms with E-state index in [9.17, 15) is 4.79 Å². The number of oxazole rings is 1. The van der Waals surface area contributed by atoms with Gasteiger partial charge in [0.25, 0.3) is 5.91 Å². The van der Waals surface area contributed by atoms with E-state index in [-0.39, 0.29) is 17.8 Å². The quantitative estimate of drug-likeness (QED) is 0.917. The number of hydrogen-bond donors (Lipinski definition) is 1. The Kier molecular flexibility index (Phi) is 3.83. The molecule has 1 unspecified atom stereocenters. The van der Waals surface area contributed by atoms with Crippen LogP contribution in [0, 0.1) is 0 Å². The lowest BCUT2D eigenvalue weighted by Gasteiger charge is -2.32. The van der Waals surface area contributed by atoms with Crippen LogP contribution in [-0.2, 0) is 4.74 Å². The third-order valence-corrected chi connectivity index (χ3v) is 3.35. The molecular formula is C14H16N4O3. The molecule has 21 heavy (non-hydrogen) atoms. The van der Waals surface area contributed by atoms with Gasteiger partial charge in [-0.25, -0.2) is 9.97 Å². The maximum absolute atomic E-state index is 12.3. The van der Waals surface area contributed by atoms with E-state index < -0.39 is 0 Å². The average Bonchev–Trinajstić information content (AvgIpc) is 3.09. The molecule has 1 atom stereocenters. The van der Waals surface area contributed by atoms with Crippen molar-refractivity contribution in [3.63, 3.8) is 0 Å². The molecule has 7 nitrogen and oxygen atoms in total. The van der Waals surface area contributed by atoms with Crippen LogP contribution in [0.2, 0.25) is 0 Å². The fraction of sp³-hybridized carbons (Fsp3) is 0.357. The molecule has 1 N–H and O–H groups in total. The zero-order valence-corrected chi connectivity index (χ0v) is 11.7. The highest BCUT2D eigenvalue weighted by molar-refractivity contribution is 5.91.